The standard InChI is InChI=1S/C12H11ClN2O6/c13-6-12(1-2-12)7-21-11(16)8-3-9(14(17)18)5-10(4-8)15(19)20/h3-5H,1-2,6-7H2. The fraction of sp³-hybridized carbons (Fsp3) is 0.417. The van der Waals surface area contributed by atoms with Crippen molar-refractivity contribution < 1.29 is 19.4 Å². The lowest BCUT2D eigenvalue weighted by Gasteiger charge is -2.11. The van der Waals surface area contributed by atoms with Gasteiger partial charge in [0.1, 0.15) is 0 Å². The topological polar surface area (TPSA) is 113 Å². The molecule has 1 saturated carbocycles. The summed E-state index contributed by atoms with van der Waals surface area (Å²) >= 11 is 5.75. The Morgan fingerprint density at radius 1 is 1.19 bits per heavy atom. The third-order valence-electron chi connectivity index (χ3n) is 3.31. The Morgan fingerprint density at radius 3 is 2.10 bits per heavy atom. The number of hydrogen-bond donors (Lipinski definition) is 0. The zero-order valence-electron chi connectivity index (χ0n) is 10.8. The summed E-state index contributed by atoms with van der Waals surface area (Å²) in [6, 6.07) is 2.70. The van der Waals surface area contributed by atoms with E-state index in [0.717, 1.165) is 31.0 Å². The first kappa shape index (κ1) is 15.2. The summed E-state index contributed by atoms with van der Waals surface area (Å²) in [6.45, 7) is 0.103. The van der Waals surface area contributed by atoms with E-state index in [0.29, 0.717) is 5.88 Å². The number of esters is 1. The molecule has 1 aromatic carbocycles. The van der Waals surface area contributed by atoms with Gasteiger partial charge in [0.25, 0.3) is 11.4 Å². The van der Waals surface area contributed by atoms with Gasteiger partial charge in [0.15, 0.2) is 0 Å². The van der Waals surface area contributed by atoms with Crippen LogP contribution in [0.2, 0.25) is 0 Å². The highest BCUT2D eigenvalue weighted by Crippen LogP contribution is 2.46. The SMILES string of the molecule is O=C(OCC1(CCl)CC1)c1cc([N+](=O)[O-])cc([N+](=O)[O-])c1. The van der Waals surface area contributed by atoms with E-state index in [1.807, 2.05) is 0 Å². The van der Waals surface area contributed by atoms with Crippen LogP contribution in [-0.4, -0.2) is 28.3 Å². The van der Waals surface area contributed by atoms with Gasteiger partial charge in [-0.15, -0.1) is 11.6 Å². The van der Waals surface area contributed by atoms with Gasteiger partial charge in [-0.1, -0.05) is 0 Å². The molecule has 0 unspecified atom stereocenters. The fourth-order valence-corrected chi connectivity index (χ4v) is 2.06. The molecular formula is C12H11ClN2O6. The van der Waals surface area contributed by atoms with E-state index >= 15 is 0 Å². The number of carbonyl (C=O) groups is 1. The van der Waals surface area contributed by atoms with Crippen molar-refractivity contribution in [1.29, 1.82) is 0 Å². The van der Waals surface area contributed by atoms with Crippen molar-refractivity contribution in [2.24, 2.45) is 5.41 Å². The number of ether oxygens (including phenoxy) is 1. The molecule has 0 bridgehead atoms. The van der Waals surface area contributed by atoms with Crippen LogP contribution in [-0.2, 0) is 4.74 Å². The van der Waals surface area contributed by atoms with Gasteiger partial charge in [0.05, 0.1) is 28.1 Å². The first-order valence-corrected chi connectivity index (χ1v) is 6.57. The average molecular weight is 315 g/mol. The second-order valence-electron chi connectivity index (χ2n) is 4.96. The molecule has 0 spiro atoms. The summed E-state index contributed by atoms with van der Waals surface area (Å²) < 4.78 is 5.05. The number of nitro benzene ring substituents is 2. The smallest absolute Gasteiger partial charge is 0.338 e. The minimum absolute atomic E-state index is 0.103. The van der Waals surface area contributed by atoms with Crippen molar-refractivity contribution in [2.75, 3.05) is 12.5 Å². The van der Waals surface area contributed by atoms with Crippen LogP contribution in [0.1, 0.15) is 23.2 Å². The van der Waals surface area contributed by atoms with Gasteiger partial charge in [-0.05, 0) is 12.8 Å². The molecule has 1 aliphatic carbocycles. The largest absolute Gasteiger partial charge is 0.461 e. The second kappa shape index (κ2) is 5.65. The highest BCUT2D eigenvalue weighted by atomic mass is 35.5. The Bertz CT molecular complexity index is 582. The number of alkyl halides is 1. The molecule has 1 aliphatic rings. The van der Waals surface area contributed by atoms with E-state index in [-0.39, 0.29) is 17.6 Å². The summed E-state index contributed by atoms with van der Waals surface area (Å²) in [5, 5.41) is 21.5. The molecule has 0 aliphatic heterocycles. The van der Waals surface area contributed by atoms with Crippen LogP contribution in [0.5, 0.6) is 0 Å². The van der Waals surface area contributed by atoms with Gasteiger partial charge >= 0.3 is 5.97 Å². The van der Waals surface area contributed by atoms with E-state index in [9.17, 15) is 25.0 Å². The molecule has 9 heteroatoms. The number of hydrogen-bond acceptors (Lipinski definition) is 6. The van der Waals surface area contributed by atoms with E-state index in [2.05, 4.69) is 0 Å². The molecule has 8 nitrogen and oxygen atoms in total. The van der Waals surface area contributed by atoms with Gasteiger partial charge in [0, 0.05) is 23.4 Å². The predicted octanol–water partition coefficient (Wildman–Crippen LogP) is 2.68. The van der Waals surface area contributed by atoms with E-state index < -0.39 is 27.2 Å². The summed E-state index contributed by atoms with van der Waals surface area (Å²) in [6.07, 6.45) is 1.69. The van der Waals surface area contributed by atoms with Gasteiger partial charge in [-0.3, -0.25) is 20.2 Å². The zero-order chi connectivity index (χ0) is 15.6. The predicted molar refractivity (Wildman–Crippen MR) is 72.4 cm³/mol. The average Bonchev–Trinajstić information content (AvgIpc) is 3.24. The normalized spacial score (nSPS) is 15.3. The molecule has 0 amide bonds. The van der Waals surface area contributed by atoms with Crippen LogP contribution < -0.4 is 0 Å². The first-order chi connectivity index (χ1) is 9.87. The molecule has 0 N–H and O–H groups in total. The lowest BCUT2D eigenvalue weighted by molar-refractivity contribution is -0.394. The Balaban J connectivity index is 2.19. The maximum atomic E-state index is 11.9. The van der Waals surface area contributed by atoms with Crippen LogP contribution in [0.4, 0.5) is 11.4 Å². The van der Waals surface area contributed by atoms with Crippen LogP contribution >= 0.6 is 11.6 Å². The number of nitrogens with zero attached hydrogens (tertiary/aromatic N) is 2. The lowest BCUT2D eigenvalue weighted by atomic mass is 10.1. The van der Waals surface area contributed by atoms with Crippen LogP contribution in [0.15, 0.2) is 18.2 Å². The van der Waals surface area contributed by atoms with Gasteiger partial charge < -0.3 is 4.74 Å². The van der Waals surface area contributed by atoms with Crippen LogP contribution in [0, 0.1) is 25.6 Å². The van der Waals surface area contributed by atoms with Gasteiger partial charge in [-0.2, -0.15) is 0 Å². The molecule has 0 saturated heterocycles. The highest BCUT2D eigenvalue weighted by Gasteiger charge is 2.43. The van der Waals surface area contributed by atoms with Crippen molar-refractivity contribution in [3.63, 3.8) is 0 Å². The number of non-ortho nitro benzene ring substituents is 2. The summed E-state index contributed by atoms with van der Waals surface area (Å²) in [5.41, 5.74) is -1.50. The Morgan fingerprint density at radius 2 is 1.71 bits per heavy atom. The van der Waals surface area contributed by atoms with Crippen molar-refractivity contribution >= 4 is 28.9 Å². The molecule has 0 heterocycles. The number of halogens is 1. The molecule has 112 valence electrons. The monoisotopic (exact) mass is 314 g/mol. The number of carbonyl (C=O) groups excluding carboxylic acids is 1. The van der Waals surface area contributed by atoms with E-state index in [1.54, 1.807) is 0 Å². The highest BCUT2D eigenvalue weighted by molar-refractivity contribution is 6.18. The Kier molecular flexibility index (Phi) is 4.08. The number of benzene rings is 1. The fourth-order valence-electron chi connectivity index (χ4n) is 1.72. The van der Waals surface area contributed by atoms with Gasteiger partial charge in [0.2, 0.25) is 0 Å². The molecule has 0 atom stereocenters. The summed E-state index contributed by atoms with van der Waals surface area (Å²) in [5.74, 6) is -0.478. The van der Waals surface area contributed by atoms with Crippen molar-refractivity contribution in [3.05, 3.63) is 44.0 Å². The molecule has 2 rings (SSSR count). The quantitative estimate of drug-likeness (QED) is 0.345. The van der Waals surface area contributed by atoms with Crippen LogP contribution in [0.3, 0.4) is 0 Å². The number of nitro groups is 2. The maximum Gasteiger partial charge on any atom is 0.338 e. The molecule has 1 aromatic rings. The van der Waals surface area contributed by atoms with Crippen LogP contribution in [0.25, 0.3) is 0 Å². The molecule has 0 aromatic heterocycles. The van der Waals surface area contributed by atoms with Crippen molar-refractivity contribution in [1.82, 2.24) is 0 Å². The molecule has 0 radical (unpaired) electrons. The lowest BCUT2D eigenvalue weighted by Crippen LogP contribution is -2.16. The van der Waals surface area contributed by atoms with Crippen molar-refractivity contribution in [2.45, 2.75) is 12.8 Å². The molecule has 1 fully saturated rings. The third-order valence-corrected chi connectivity index (χ3v) is 3.88. The maximum absolute atomic E-state index is 11.9. The Hall–Kier alpha value is -2.22. The molecular weight excluding hydrogens is 304 g/mol. The third kappa shape index (κ3) is 3.46. The van der Waals surface area contributed by atoms with E-state index in [1.165, 1.54) is 0 Å². The first-order valence-electron chi connectivity index (χ1n) is 6.04. The summed E-state index contributed by atoms with van der Waals surface area (Å²) in [4.78, 5) is 31.7. The van der Waals surface area contributed by atoms with E-state index in [4.69, 9.17) is 16.3 Å². The minimum Gasteiger partial charge on any atom is -0.461 e. The molecule has 21 heavy (non-hydrogen) atoms. The summed E-state index contributed by atoms with van der Waals surface area (Å²) in [7, 11) is 0. The minimum atomic E-state index is -0.835. The Labute approximate surface area is 123 Å². The number of rotatable bonds is 6. The van der Waals surface area contributed by atoms with Crippen molar-refractivity contribution in [3.8, 4) is 0 Å². The zero-order valence-corrected chi connectivity index (χ0v) is 11.5. The van der Waals surface area contributed by atoms with Gasteiger partial charge in [-0.25, -0.2) is 4.79 Å². The second-order valence-corrected chi connectivity index (χ2v) is 5.23.